The van der Waals surface area contributed by atoms with Crippen LogP contribution in [-0.2, 0) is 54.2 Å². The van der Waals surface area contributed by atoms with Crippen molar-refractivity contribution in [3.8, 4) is 0 Å². The first-order valence-electron chi connectivity index (χ1n) is 0. The van der Waals surface area contributed by atoms with E-state index in [0.29, 0.717) is 0 Å². The van der Waals surface area contributed by atoms with Crippen molar-refractivity contribution in [3.63, 3.8) is 0 Å². The van der Waals surface area contributed by atoms with E-state index < -0.39 is 0 Å². The van der Waals surface area contributed by atoms with E-state index in [1.807, 2.05) is 0 Å². The van der Waals surface area contributed by atoms with Crippen molar-refractivity contribution in [2.24, 2.45) is 0 Å². The summed E-state index contributed by atoms with van der Waals surface area (Å²) in [7, 11) is 0. The SMILES string of the molecule is O.O.O.O.O.O.[Mn].[V].[V]. The monoisotopic (exact) mass is 265 g/mol. The Morgan fingerprint density at radius 2 is 0.333 bits per heavy atom. The van der Waals surface area contributed by atoms with Gasteiger partial charge in [-0.3, -0.25) is 0 Å². The quantitative estimate of drug-likeness (QED) is 0.379. The number of hydrogen-bond acceptors (Lipinski definition) is 0. The average Bonchev–Trinajstić information content (AvgIpc) is 0. The van der Waals surface area contributed by atoms with Crippen LogP contribution in [0.3, 0.4) is 0 Å². The Hall–Kier alpha value is 1.45. The van der Waals surface area contributed by atoms with E-state index in [0.717, 1.165) is 0 Å². The molecular formula is H12MnO6V2. The van der Waals surface area contributed by atoms with E-state index >= 15 is 0 Å². The molecule has 0 heterocycles. The molecule has 9 heteroatoms. The Morgan fingerprint density at radius 3 is 0.333 bits per heavy atom. The van der Waals surface area contributed by atoms with E-state index in [9.17, 15) is 0 Å². The van der Waals surface area contributed by atoms with Crippen LogP contribution < -0.4 is 0 Å². The van der Waals surface area contributed by atoms with E-state index in [1.54, 1.807) is 0 Å². The third-order valence-corrected chi connectivity index (χ3v) is 0. The van der Waals surface area contributed by atoms with Gasteiger partial charge >= 0.3 is 0 Å². The summed E-state index contributed by atoms with van der Waals surface area (Å²) in [6.07, 6.45) is 0. The van der Waals surface area contributed by atoms with Crippen LogP contribution in [0.25, 0.3) is 0 Å². The van der Waals surface area contributed by atoms with Gasteiger partial charge in [0.2, 0.25) is 0 Å². The third-order valence-electron chi connectivity index (χ3n) is 0. The minimum atomic E-state index is 0. The van der Waals surface area contributed by atoms with Gasteiger partial charge in [0.15, 0.2) is 0 Å². The normalized spacial score (nSPS) is 0. The molecule has 65 valence electrons. The van der Waals surface area contributed by atoms with Gasteiger partial charge in [0.25, 0.3) is 0 Å². The molecule has 0 aliphatic heterocycles. The van der Waals surface area contributed by atoms with Gasteiger partial charge in [-0.1, -0.05) is 0 Å². The average molecular weight is 265 g/mol. The summed E-state index contributed by atoms with van der Waals surface area (Å²) in [4.78, 5) is 0. The molecule has 0 aliphatic rings. The second-order valence-electron chi connectivity index (χ2n) is 0. The summed E-state index contributed by atoms with van der Waals surface area (Å²) >= 11 is 0. The van der Waals surface area contributed by atoms with Gasteiger partial charge in [0.05, 0.1) is 0 Å². The fourth-order valence-electron chi connectivity index (χ4n) is 0. The van der Waals surface area contributed by atoms with Crippen LogP contribution in [-0.4, -0.2) is 32.9 Å². The summed E-state index contributed by atoms with van der Waals surface area (Å²) < 4.78 is 0. The van der Waals surface area contributed by atoms with Crippen molar-refractivity contribution in [2.45, 2.75) is 0 Å². The van der Waals surface area contributed by atoms with Crippen molar-refractivity contribution in [1.29, 1.82) is 0 Å². The zero-order chi connectivity index (χ0) is 0. The first-order chi connectivity index (χ1) is 0. The summed E-state index contributed by atoms with van der Waals surface area (Å²) in [6.45, 7) is 0. The molecule has 0 saturated heterocycles. The second-order valence-corrected chi connectivity index (χ2v) is 0. The summed E-state index contributed by atoms with van der Waals surface area (Å²) in [5.41, 5.74) is 0. The maximum absolute atomic E-state index is 0. The smallest absolute Gasteiger partial charge is 0 e. The van der Waals surface area contributed by atoms with Crippen molar-refractivity contribution in [1.82, 2.24) is 0 Å². The minimum absolute atomic E-state index is 0. The molecule has 6 nitrogen and oxygen atoms in total. The number of hydrogen-bond donors (Lipinski definition) is 0. The first kappa shape index (κ1) is 445. The molecule has 0 fully saturated rings. The molecule has 0 amide bonds. The molecule has 0 aromatic rings. The molecule has 0 aromatic carbocycles. The van der Waals surface area contributed by atoms with E-state index in [1.165, 1.54) is 0 Å². The van der Waals surface area contributed by atoms with Gasteiger partial charge < -0.3 is 32.9 Å². The van der Waals surface area contributed by atoms with Gasteiger partial charge in [0.1, 0.15) is 0 Å². The molecule has 3 radical (unpaired) electrons. The van der Waals surface area contributed by atoms with Gasteiger partial charge in [0, 0.05) is 54.2 Å². The minimum Gasteiger partial charge on any atom is -0.412 e. The summed E-state index contributed by atoms with van der Waals surface area (Å²) in [6, 6.07) is 0. The number of rotatable bonds is 0. The Bertz CT molecular complexity index is 11.0. The largest absolute Gasteiger partial charge is 0.412 e. The molecule has 0 unspecified atom stereocenters. The van der Waals surface area contributed by atoms with Crippen LogP contribution in [0, 0.1) is 0 Å². The fraction of sp³-hybridized carbons (Fsp3) is 0. The standard InChI is InChI=1S/Mn.6H2O.2V/h;6*1H2;;. The van der Waals surface area contributed by atoms with Gasteiger partial charge in [-0.25, -0.2) is 0 Å². The molecule has 12 N–H and O–H groups in total. The Labute approximate surface area is 86.9 Å². The Kier molecular flexibility index (Phi) is 15900. The maximum Gasteiger partial charge on any atom is 0 e. The predicted octanol–water partition coefficient (Wildman–Crippen LogP) is -4.96. The van der Waals surface area contributed by atoms with Gasteiger partial charge in [-0.2, -0.15) is 0 Å². The molecule has 0 bridgehead atoms. The van der Waals surface area contributed by atoms with Crippen LogP contribution >= 0.6 is 0 Å². The van der Waals surface area contributed by atoms with Crippen LogP contribution in [0.1, 0.15) is 0 Å². The molecule has 9 heavy (non-hydrogen) atoms. The van der Waals surface area contributed by atoms with Crippen molar-refractivity contribution >= 4 is 0 Å². The molecule has 0 aromatic heterocycles. The van der Waals surface area contributed by atoms with Crippen LogP contribution in [0.5, 0.6) is 0 Å². The molecular weight excluding hydrogens is 253 g/mol. The van der Waals surface area contributed by atoms with Crippen molar-refractivity contribution in [3.05, 3.63) is 0 Å². The van der Waals surface area contributed by atoms with E-state index in [2.05, 4.69) is 0 Å². The van der Waals surface area contributed by atoms with E-state index in [-0.39, 0.29) is 87.0 Å². The zero-order valence-corrected chi connectivity index (χ0v) is 8.25. The summed E-state index contributed by atoms with van der Waals surface area (Å²) in [5, 5.41) is 0. The predicted molar refractivity (Wildman–Crippen MR) is 21.7 cm³/mol. The fourth-order valence-corrected chi connectivity index (χ4v) is 0. The van der Waals surface area contributed by atoms with Gasteiger partial charge in [-0.15, -0.1) is 0 Å². The molecule has 0 atom stereocenters. The maximum atomic E-state index is 0. The van der Waals surface area contributed by atoms with Crippen LogP contribution in [0.15, 0.2) is 0 Å². The van der Waals surface area contributed by atoms with Crippen molar-refractivity contribution in [2.75, 3.05) is 0 Å². The molecule has 0 rings (SSSR count). The summed E-state index contributed by atoms with van der Waals surface area (Å²) in [5.74, 6) is 0. The zero-order valence-electron chi connectivity index (χ0n) is 4.27. The molecule has 0 saturated carbocycles. The third kappa shape index (κ3) is 250. The van der Waals surface area contributed by atoms with Crippen molar-refractivity contribution < 1.29 is 87.0 Å². The first-order valence-corrected chi connectivity index (χ1v) is 0. The topological polar surface area (TPSA) is 189 Å². The molecule has 0 aliphatic carbocycles. The van der Waals surface area contributed by atoms with E-state index in [4.69, 9.17) is 0 Å². The van der Waals surface area contributed by atoms with Crippen LogP contribution in [0.2, 0.25) is 0 Å². The van der Waals surface area contributed by atoms with Crippen LogP contribution in [0.4, 0.5) is 0 Å². The Morgan fingerprint density at radius 1 is 0.333 bits per heavy atom. The van der Waals surface area contributed by atoms with Gasteiger partial charge in [-0.05, 0) is 0 Å². The second kappa shape index (κ2) is 321. The Balaban J connectivity index is 0. The molecule has 0 spiro atoms.